The van der Waals surface area contributed by atoms with E-state index in [9.17, 15) is 9.59 Å². The summed E-state index contributed by atoms with van der Waals surface area (Å²) in [6.07, 6.45) is 8.58. The largest absolute Gasteiger partial charge is 0.486 e. The van der Waals surface area contributed by atoms with Crippen LogP contribution in [0.2, 0.25) is 0 Å². The molecule has 0 bridgehead atoms. The van der Waals surface area contributed by atoms with Gasteiger partial charge < -0.3 is 14.8 Å². The highest BCUT2D eigenvalue weighted by molar-refractivity contribution is 7.99. The van der Waals surface area contributed by atoms with Crippen molar-refractivity contribution in [2.45, 2.75) is 62.6 Å². The van der Waals surface area contributed by atoms with Gasteiger partial charge in [0.15, 0.2) is 16.7 Å². The molecule has 1 saturated carbocycles. The summed E-state index contributed by atoms with van der Waals surface area (Å²) in [5.74, 6) is 1.37. The number of aryl methyl sites for hydroxylation is 2. The van der Waals surface area contributed by atoms with Crippen LogP contribution in [0, 0.1) is 0 Å². The van der Waals surface area contributed by atoms with Gasteiger partial charge in [0.2, 0.25) is 5.91 Å². The lowest BCUT2D eigenvalue weighted by Gasteiger charge is -2.19. The zero-order chi connectivity index (χ0) is 23.1. The fourth-order valence-electron chi connectivity index (χ4n) is 5.23. The van der Waals surface area contributed by atoms with E-state index < -0.39 is 0 Å². The number of rotatable bonds is 5. The Labute approximate surface area is 205 Å². The van der Waals surface area contributed by atoms with Crippen molar-refractivity contribution in [3.63, 3.8) is 0 Å². The van der Waals surface area contributed by atoms with Crippen LogP contribution in [-0.4, -0.2) is 34.4 Å². The monoisotopic (exact) mass is 497 g/mol. The van der Waals surface area contributed by atoms with Gasteiger partial charge in [-0.05, 0) is 56.2 Å². The van der Waals surface area contributed by atoms with Crippen LogP contribution in [0.1, 0.15) is 55.0 Å². The molecule has 178 valence electrons. The summed E-state index contributed by atoms with van der Waals surface area (Å²) in [5.41, 5.74) is 1.98. The zero-order valence-corrected chi connectivity index (χ0v) is 20.6. The van der Waals surface area contributed by atoms with Crippen molar-refractivity contribution >= 4 is 44.9 Å². The lowest BCUT2D eigenvalue weighted by Crippen LogP contribution is -2.27. The molecular weight excluding hydrogens is 470 g/mol. The van der Waals surface area contributed by atoms with Crippen LogP contribution in [-0.2, 0) is 17.6 Å². The first-order chi connectivity index (χ1) is 16.7. The van der Waals surface area contributed by atoms with Crippen LogP contribution in [0.25, 0.3) is 10.2 Å². The predicted molar refractivity (Wildman–Crippen MR) is 135 cm³/mol. The number of fused-ring (bicyclic) bond motifs is 4. The SMILES string of the molecule is O=C(CSc1nc2sc3c(c2c(=O)n1C1CCCC1)CCCC3)Nc1ccc2c(c1)OCCO2. The fourth-order valence-corrected chi connectivity index (χ4v) is 7.40. The van der Waals surface area contributed by atoms with E-state index in [1.807, 2.05) is 16.7 Å². The minimum atomic E-state index is -0.139. The maximum Gasteiger partial charge on any atom is 0.263 e. The van der Waals surface area contributed by atoms with Crippen molar-refractivity contribution in [2.24, 2.45) is 0 Å². The first-order valence-corrected chi connectivity index (χ1v) is 13.9. The van der Waals surface area contributed by atoms with Gasteiger partial charge in [-0.3, -0.25) is 14.2 Å². The molecule has 2 aromatic heterocycles. The molecule has 1 aliphatic heterocycles. The Morgan fingerprint density at radius 2 is 1.91 bits per heavy atom. The Hall–Kier alpha value is -2.52. The van der Waals surface area contributed by atoms with Gasteiger partial charge in [-0.25, -0.2) is 4.98 Å². The highest BCUT2D eigenvalue weighted by Crippen LogP contribution is 2.37. The molecule has 3 heterocycles. The number of nitrogens with zero attached hydrogens (tertiary/aromatic N) is 2. The van der Waals surface area contributed by atoms with Gasteiger partial charge in [-0.1, -0.05) is 24.6 Å². The van der Waals surface area contributed by atoms with Gasteiger partial charge in [-0.15, -0.1) is 11.3 Å². The molecule has 0 radical (unpaired) electrons. The summed E-state index contributed by atoms with van der Waals surface area (Å²) < 4.78 is 13.1. The first kappa shape index (κ1) is 22.0. The molecule has 1 N–H and O–H groups in total. The van der Waals surface area contributed by atoms with E-state index in [0.29, 0.717) is 35.6 Å². The molecule has 0 unspecified atom stereocenters. The lowest BCUT2D eigenvalue weighted by molar-refractivity contribution is -0.113. The number of amides is 1. The number of hydrogen-bond donors (Lipinski definition) is 1. The predicted octanol–water partition coefficient (Wildman–Crippen LogP) is 4.95. The molecule has 0 spiro atoms. The number of anilines is 1. The Balaban J connectivity index is 1.26. The average molecular weight is 498 g/mol. The third-order valence-corrected chi connectivity index (χ3v) is 8.98. The molecular formula is C25H27N3O4S2. The molecule has 1 amide bonds. The van der Waals surface area contributed by atoms with E-state index in [1.54, 1.807) is 17.4 Å². The molecule has 6 rings (SSSR count). The maximum absolute atomic E-state index is 13.7. The lowest BCUT2D eigenvalue weighted by atomic mass is 9.97. The number of carbonyl (C=O) groups is 1. The average Bonchev–Trinajstić information content (AvgIpc) is 3.50. The van der Waals surface area contributed by atoms with Crippen LogP contribution in [0.4, 0.5) is 5.69 Å². The quantitative estimate of drug-likeness (QED) is 0.397. The minimum Gasteiger partial charge on any atom is -0.486 e. The highest BCUT2D eigenvalue weighted by atomic mass is 32.2. The number of benzene rings is 1. The first-order valence-electron chi connectivity index (χ1n) is 12.1. The van der Waals surface area contributed by atoms with Crippen molar-refractivity contribution in [1.29, 1.82) is 0 Å². The van der Waals surface area contributed by atoms with Crippen molar-refractivity contribution < 1.29 is 14.3 Å². The molecule has 1 fully saturated rings. The third-order valence-electron chi connectivity index (χ3n) is 6.84. The highest BCUT2D eigenvalue weighted by Gasteiger charge is 2.27. The molecule has 0 saturated heterocycles. The molecule has 34 heavy (non-hydrogen) atoms. The number of carbonyl (C=O) groups excluding carboxylic acids is 1. The van der Waals surface area contributed by atoms with Crippen LogP contribution in [0.15, 0.2) is 28.2 Å². The topological polar surface area (TPSA) is 82.5 Å². The Kier molecular flexibility index (Phi) is 5.99. The van der Waals surface area contributed by atoms with Crippen LogP contribution in [0.3, 0.4) is 0 Å². The number of ether oxygens (including phenoxy) is 2. The molecule has 3 aliphatic rings. The second kappa shape index (κ2) is 9.26. The second-order valence-corrected chi connectivity index (χ2v) is 11.1. The van der Waals surface area contributed by atoms with Crippen LogP contribution in [0.5, 0.6) is 11.5 Å². The van der Waals surface area contributed by atoms with E-state index in [0.717, 1.165) is 55.2 Å². The third kappa shape index (κ3) is 4.09. The van der Waals surface area contributed by atoms with Gasteiger partial charge in [0.1, 0.15) is 18.0 Å². The summed E-state index contributed by atoms with van der Waals surface area (Å²) in [6, 6.07) is 5.58. The Morgan fingerprint density at radius 1 is 1.12 bits per heavy atom. The van der Waals surface area contributed by atoms with Crippen LogP contribution >= 0.6 is 23.1 Å². The van der Waals surface area contributed by atoms with Crippen molar-refractivity contribution in [2.75, 3.05) is 24.3 Å². The summed E-state index contributed by atoms with van der Waals surface area (Å²) >= 11 is 3.02. The summed E-state index contributed by atoms with van der Waals surface area (Å²) in [4.78, 5) is 33.6. The minimum absolute atomic E-state index is 0.0889. The zero-order valence-electron chi connectivity index (χ0n) is 18.9. The molecule has 1 aromatic carbocycles. The van der Waals surface area contributed by atoms with Gasteiger partial charge in [0.25, 0.3) is 5.56 Å². The second-order valence-electron chi connectivity index (χ2n) is 9.09. The van der Waals surface area contributed by atoms with Crippen molar-refractivity contribution in [3.8, 4) is 11.5 Å². The van der Waals surface area contributed by atoms with E-state index >= 15 is 0 Å². The van der Waals surface area contributed by atoms with Crippen LogP contribution < -0.4 is 20.3 Å². The van der Waals surface area contributed by atoms with Crippen molar-refractivity contribution in [1.82, 2.24) is 9.55 Å². The van der Waals surface area contributed by atoms with Gasteiger partial charge in [0, 0.05) is 22.7 Å². The molecule has 0 atom stereocenters. The van der Waals surface area contributed by atoms with Gasteiger partial charge >= 0.3 is 0 Å². The number of thiophene rings is 1. The molecule has 9 heteroatoms. The molecule has 2 aliphatic carbocycles. The smallest absolute Gasteiger partial charge is 0.263 e. The Morgan fingerprint density at radius 3 is 2.76 bits per heavy atom. The number of hydrogen-bond acceptors (Lipinski definition) is 7. The summed E-state index contributed by atoms with van der Waals surface area (Å²) in [6.45, 7) is 1.03. The van der Waals surface area contributed by atoms with E-state index in [-0.39, 0.29) is 23.3 Å². The normalized spacial score (nSPS) is 17.6. The van der Waals surface area contributed by atoms with E-state index in [1.165, 1.54) is 28.6 Å². The Bertz CT molecular complexity index is 1310. The summed E-state index contributed by atoms with van der Waals surface area (Å²) in [5, 5.41) is 4.43. The summed E-state index contributed by atoms with van der Waals surface area (Å²) in [7, 11) is 0. The van der Waals surface area contributed by atoms with Gasteiger partial charge in [-0.2, -0.15) is 0 Å². The standard InChI is InChI=1S/C25H27N3O4S2/c29-21(26-15-9-10-18-19(13-15)32-12-11-31-18)14-33-25-27-23-22(17-7-3-4-8-20(17)34-23)24(30)28(25)16-5-1-2-6-16/h9-10,13,16H,1-8,11-12,14H2,(H,26,29). The van der Waals surface area contributed by atoms with Gasteiger partial charge in [0.05, 0.1) is 11.1 Å². The number of thioether (sulfide) groups is 1. The molecule has 3 aromatic rings. The molecule has 7 nitrogen and oxygen atoms in total. The van der Waals surface area contributed by atoms with Crippen molar-refractivity contribution in [3.05, 3.63) is 39.0 Å². The fraction of sp³-hybridized carbons (Fsp3) is 0.480. The number of aromatic nitrogens is 2. The maximum atomic E-state index is 13.7. The number of nitrogens with one attached hydrogen (secondary N) is 1. The van der Waals surface area contributed by atoms with E-state index in [4.69, 9.17) is 14.5 Å². The van der Waals surface area contributed by atoms with E-state index in [2.05, 4.69) is 5.32 Å².